The van der Waals surface area contributed by atoms with Gasteiger partial charge in [0.15, 0.2) is 0 Å². The molecule has 2 rings (SSSR count). The lowest BCUT2D eigenvalue weighted by Crippen LogP contribution is -2.36. The Kier molecular flexibility index (Phi) is 4.62. The van der Waals surface area contributed by atoms with Gasteiger partial charge in [0.25, 0.3) is 0 Å². The number of hydrogen-bond acceptors (Lipinski definition) is 3. The summed E-state index contributed by atoms with van der Waals surface area (Å²) in [6, 6.07) is 0.859. The normalized spacial score (nSPS) is 26.6. The van der Waals surface area contributed by atoms with E-state index in [-0.39, 0.29) is 0 Å². The van der Waals surface area contributed by atoms with E-state index in [2.05, 4.69) is 29.1 Å². The lowest BCUT2D eigenvalue weighted by Gasteiger charge is -2.24. The highest BCUT2D eigenvalue weighted by Gasteiger charge is 2.21. The van der Waals surface area contributed by atoms with Crippen molar-refractivity contribution in [3.63, 3.8) is 0 Å². The smallest absolute Gasteiger partial charge is 0.0109 e. The molecule has 0 amide bonds. The lowest BCUT2D eigenvalue weighted by atomic mass is 10.1. The van der Waals surface area contributed by atoms with Crippen molar-refractivity contribution in [3.05, 3.63) is 0 Å². The summed E-state index contributed by atoms with van der Waals surface area (Å²) in [5, 5.41) is 3.63. The third-order valence-corrected chi connectivity index (χ3v) is 3.71. The molecule has 1 saturated carbocycles. The van der Waals surface area contributed by atoms with Crippen molar-refractivity contribution in [1.82, 2.24) is 15.1 Å². The van der Waals surface area contributed by atoms with Crippen molar-refractivity contribution in [2.24, 2.45) is 5.92 Å². The molecule has 1 unspecified atom stereocenters. The molecule has 1 heterocycles. The summed E-state index contributed by atoms with van der Waals surface area (Å²) < 4.78 is 0. The summed E-state index contributed by atoms with van der Waals surface area (Å²) in [6.07, 6.45) is 4.14. The van der Waals surface area contributed by atoms with Gasteiger partial charge in [-0.3, -0.25) is 0 Å². The molecule has 1 N–H and O–H groups in total. The first kappa shape index (κ1) is 12.3. The van der Waals surface area contributed by atoms with Gasteiger partial charge in [0.05, 0.1) is 0 Å². The number of nitrogens with zero attached hydrogens (tertiary/aromatic N) is 2. The molecule has 0 bridgehead atoms. The molecule has 94 valence electrons. The van der Waals surface area contributed by atoms with Crippen LogP contribution in [0.25, 0.3) is 0 Å². The largest absolute Gasteiger partial charge is 0.314 e. The molecule has 1 aliphatic heterocycles. The summed E-state index contributed by atoms with van der Waals surface area (Å²) in [5.41, 5.74) is 0. The Morgan fingerprint density at radius 2 is 2.00 bits per heavy atom. The van der Waals surface area contributed by atoms with Gasteiger partial charge in [-0.15, -0.1) is 0 Å². The molecule has 3 heteroatoms. The molecule has 0 spiro atoms. The van der Waals surface area contributed by atoms with Crippen molar-refractivity contribution >= 4 is 0 Å². The Morgan fingerprint density at radius 3 is 2.75 bits per heavy atom. The summed E-state index contributed by atoms with van der Waals surface area (Å²) in [7, 11) is 2.24. The van der Waals surface area contributed by atoms with Crippen molar-refractivity contribution in [2.75, 3.05) is 46.3 Å². The van der Waals surface area contributed by atoms with Gasteiger partial charge in [0, 0.05) is 25.7 Å². The summed E-state index contributed by atoms with van der Waals surface area (Å²) >= 11 is 0. The van der Waals surface area contributed by atoms with E-state index in [1.54, 1.807) is 0 Å². The zero-order valence-corrected chi connectivity index (χ0v) is 10.9. The molecular weight excluding hydrogens is 198 g/mol. The predicted octanol–water partition coefficient (Wildman–Crippen LogP) is 1.01. The van der Waals surface area contributed by atoms with Gasteiger partial charge >= 0.3 is 0 Å². The quantitative estimate of drug-likeness (QED) is 0.753. The van der Waals surface area contributed by atoms with Crippen molar-refractivity contribution in [1.29, 1.82) is 0 Å². The fourth-order valence-electron chi connectivity index (χ4n) is 2.44. The molecule has 16 heavy (non-hydrogen) atoms. The minimum absolute atomic E-state index is 0.795. The van der Waals surface area contributed by atoms with Crippen LogP contribution in [0.2, 0.25) is 0 Å². The lowest BCUT2D eigenvalue weighted by molar-refractivity contribution is 0.239. The predicted molar refractivity (Wildman–Crippen MR) is 68.7 cm³/mol. The Balaban J connectivity index is 1.62. The monoisotopic (exact) mass is 225 g/mol. The van der Waals surface area contributed by atoms with Gasteiger partial charge in [0.2, 0.25) is 0 Å². The fourth-order valence-corrected chi connectivity index (χ4v) is 2.44. The molecule has 0 aromatic carbocycles. The molecule has 1 saturated heterocycles. The maximum absolute atomic E-state index is 3.63. The molecule has 0 radical (unpaired) electrons. The molecular formula is C13H27N3. The molecule has 2 fully saturated rings. The standard InChI is InChI=1S/C13H27N3/c1-12(10-14-13-4-5-13)11-16-7-3-6-15(2)8-9-16/h12-14H,3-11H2,1-2H3. The van der Waals surface area contributed by atoms with E-state index in [1.165, 1.54) is 58.5 Å². The summed E-state index contributed by atoms with van der Waals surface area (Å²) in [4.78, 5) is 5.09. The maximum atomic E-state index is 3.63. The van der Waals surface area contributed by atoms with Crippen LogP contribution in [0.4, 0.5) is 0 Å². The SMILES string of the molecule is CC(CNC1CC1)CN1CCCN(C)CC1. The Hall–Kier alpha value is -0.120. The minimum Gasteiger partial charge on any atom is -0.314 e. The van der Waals surface area contributed by atoms with Gasteiger partial charge in [-0.05, 0) is 51.9 Å². The molecule has 0 aromatic rings. The maximum Gasteiger partial charge on any atom is 0.0109 e. The first-order valence-electron chi connectivity index (χ1n) is 6.88. The van der Waals surface area contributed by atoms with Crippen molar-refractivity contribution in [3.8, 4) is 0 Å². The average Bonchev–Trinajstić information content (AvgIpc) is 3.05. The van der Waals surface area contributed by atoms with Gasteiger partial charge in [-0.2, -0.15) is 0 Å². The van der Waals surface area contributed by atoms with Crippen LogP contribution in [0.5, 0.6) is 0 Å². The van der Waals surface area contributed by atoms with Crippen LogP contribution in [0, 0.1) is 5.92 Å². The first-order valence-corrected chi connectivity index (χ1v) is 6.88. The minimum atomic E-state index is 0.795. The van der Waals surface area contributed by atoms with Crippen LogP contribution < -0.4 is 5.32 Å². The Labute approximate surface area is 100 Å². The van der Waals surface area contributed by atoms with E-state index in [0.717, 1.165) is 12.0 Å². The zero-order chi connectivity index (χ0) is 11.4. The number of nitrogens with one attached hydrogen (secondary N) is 1. The number of hydrogen-bond donors (Lipinski definition) is 1. The van der Waals surface area contributed by atoms with Crippen LogP contribution >= 0.6 is 0 Å². The van der Waals surface area contributed by atoms with E-state index in [4.69, 9.17) is 0 Å². The zero-order valence-electron chi connectivity index (χ0n) is 10.9. The Morgan fingerprint density at radius 1 is 1.19 bits per heavy atom. The molecule has 1 atom stereocenters. The summed E-state index contributed by atoms with van der Waals surface area (Å²) in [5.74, 6) is 0.795. The van der Waals surface area contributed by atoms with Gasteiger partial charge < -0.3 is 15.1 Å². The Bertz CT molecular complexity index is 203. The number of rotatable bonds is 5. The molecule has 3 nitrogen and oxygen atoms in total. The van der Waals surface area contributed by atoms with E-state index >= 15 is 0 Å². The second-order valence-electron chi connectivity index (χ2n) is 5.75. The summed E-state index contributed by atoms with van der Waals surface area (Å²) in [6.45, 7) is 9.91. The van der Waals surface area contributed by atoms with E-state index in [0.29, 0.717) is 0 Å². The van der Waals surface area contributed by atoms with Gasteiger partial charge in [-0.25, -0.2) is 0 Å². The van der Waals surface area contributed by atoms with E-state index in [9.17, 15) is 0 Å². The highest BCUT2D eigenvalue weighted by atomic mass is 15.2. The number of likely N-dealkylation sites (N-methyl/N-ethyl adjacent to an activating group) is 1. The third kappa shape index (κ3) is 4.40. The second-order valence-corrected chi connectivity index (χ2v) is 5.75. The van der Waals surface area contributed by atoms with Gasteiger partial charge in [-0.1, -0.05) is 6.92 Å². The van der Waals surface area contributed by atoms with Crippen LogP contribution in [0.1, 0.15) is 26.2 Å². The highest BCUT2D eigenvalue weighted by Crippen LogP contribution is 2.18. The van der Waals surface area contributed by atoms with Gasteiger partial charge in [0.1, 0.15) is 0 Å². The van der Waals surface area contributed by atoms with Crippen LogP contribution in [0.15, 0.2) is 0 Å². The third-order valence-electron chi connectivity index (χ3n) is 3.71. The van der Waals surface area contributed by atoms with E-state index < -0.39 is 0 Å². The molecule has 1 aliphatic carbocycles. The van der Waals surface area contributed by atoms with Crippen LogP contribution in [-0.2, 0) is 0 Å². The van der Waals surface area contributed by atoms with Crippen LogP contribution in [-0.4, -0.2) is 62.2 Å². The average molecular weight is 225 g/mol. The first-order chi connectivity index (χ1) is 7.74. The van der Waals surface area contributed by atoms with Crippen molar-refractivity contribution in [2.45, 2.75) is 32.2 Å². The topological polar surface area (TPSA) is 18.5 Å². The molecule has 0 aromatic heterocycles. The van der Waals surface area contributed by atoms with E-state index in [1.807, 2.05) is 0 Å². The van der Waals surface area contributed by atoms with Crippen molar-refractivity contribution < 1.29 is 0 Å². The highest BCUT2D eigenvalue weighted by molar-refractivity contribution is 4.82. The van der Waals surface area contributed by atoms with Crippen LogP contribution in [0.3, 0.4) is 0 Å². The molecule has 2 aliphatic rings. The fraction of sp³-hybridized carbons (Fsp3) is 1.00. The second kappa shape index (κ2) is 5.99.